The smallest absolute Gasteiger partial charge is 0.339 e. The third-order valence-corrected chi connectivity index (χ3v) is 2.70. The van der Waals surface area contributed by atoms with Crippen LogP contribution in [0, 0.1) is 0 Å². The number of carbonyl (C=O) groups is 1. The summed E-state index contributed by atoms with van der Waals surface area (Å²) in [5.41, 5.74) is 1.58. The summed E-state index contributed by atoms with van der Waals surface area (Å²) in [6.07, 6.45) is 1.32. The van der Waals surface area contributed by atoms with E-state index in [0.29, 0.717) is 22.9 Å². The van der Waals surface area contributed by atoms with Crippen LogP contribution in [0.3, 0.4) is 0 Å². The van der Waals surface area contributed by atoms with Crippen LogP contribution in [0.4, 0.5) is 0 Å². The van der Waals surface area contributed by atoms with E-state index in [1.165, 1.54) is 6.20 Å². The van der Waals surface area contributed by atoms with E-state index >= 15 is 0 Å². The number of esters is 1. The number of nitrogens with zero attached hydrogens (tertiary/aromatic N) is 1. The van der Waals surface area contributed by atoms with Gasteiger partial charge in [-0.3, -0.25) is 0 Å². The van der Waals surface area contributed by atoms with E-state index in [1.54, 1.807) is 37.3 Å². The van der Waals surface area contributed by atoms with Gasteiger partial charge < -0.3 is 9.94 Å². The van der Waals surface area contributed by atoms with Crippen molar-refractivity contribution in [2.45, 2.75) is 6.92 Å². The van der Waals surface area contributed by atoms with Crippen LogP contribution in [0.5, 0.6) is 0 Å². The number of rotatable bonds is 3. The highest BCUT2D eigenvalue weighted by Gasteiger charge is 2.13. The minimum absolute atomic E-state index is 0.297. The minimum atomic E-state index is -0.458. The molecule has 1 aromatic heterocycles. The Morgan fingerprint density at radius 2 is 2.06 bits per heavy atom. The number of hydrogen-bond donors (Lipinski definition) is 1. The number of carbonyl (C=O) groups excluding carboxylic acids is 1. The van der Waals surface area contributed by atoms with Gasteiger partial charge in [0.1, 0.15) is 0 Å². The molecule has 0 saturated heterocycles. The van der Waals surface area contributed by atoms with Crippen LogP contribution in [-0.2, 0) is 4.74 Å². The van der Waals surface area contributed by atoms with Gasteiger partial charge in [-0.15, -0.1) is 0 Å². The first-order valence-corrected chi connectivity index (χ1v) is 5.84. The number of aromatic nitrogens is 1. The molecule has 0 atom stereocenters. The van der Waals surface area contributed by atoms with Gasteiger partial charge in [0.05, 0.1) is 24.1 Å². The van der Waals surface area contributed by atoms with Gasteiger partial charge in [-0.05, 0) is 25.1 Å². The summed E-state index contributed by atoms with van der Waals surface area (Å²) in [4.78, 5) is 11.5. The average molecular weight is 266 g/mol. The first-order valence-electron chi connectivity index (χ1n) is 5.46. The standard InChI is InChI=1S/C13H12ClNO3/c1-2-18-13(16)10-7-12(15(17)8-10)9-3-5-11(14)6-4-9/h3-8,17H,2H2,1H3. The van der Waals surface area contributed by atoms with Crippen molar-refractivity contribution in [1.82, 2.24) is 4.73 Å². The van der Waals surface area contributed by atoms with Crippen LogP contribution in [0.25, 0.3) is 11.3 Å². The lowest BCUT2D eigenvalue weighted by Crippen LogP contribution is -2.02. The van der Waals surface area contributed by atoms with Crippen LogP contribution in [0.2, 0.25) is 5.02 Å². The molecule has 18 heavy (non-hydrogen) atoms. The molecule has 0 spiro atoms. The van der Waals surface area contributed by atoms with Crippen molar-refractivity contribution in [1.29, 1.82) is 0 Å². The van der Waals surface area contributed by atoms with Gasteiger partial charge in [0.2, 0.25) is 0 Å². The highest BCUT2D eigenvalue weighted by molar-refractivity contribution is 6.30. The molecule has 0 fully saturated rings. The first kappa shape index (κ1) is 12.5. The maximum absolute atomic E-state index is 11.5. The monoisotopic (exact) mass is 265 g/mol. The topological polar surface area (TPSA) is 51.5 Å². The van der Waals surface area contributed by atoms with E-state index in [9.17, 15) is 10.0 Å². The third-order valence-electron chi connectivity index (χ3n) is 2.45. The molecule has 5 heteroatoms. The van der Waals surface area contributed by atoms with E-state index in [4.69, 9.17) is 16.3 Å². The fourth-order valence-electron chi connectivity index (χ4n) is 1.61. The Bertz CT molecular complexity index is 560. The van der Waals surface area contributed by atoms with Crippen LogP contribution in [0.15, 0.2) is 36.5 Å². The minimum Gasteiger partial charge on any atom is -0.462 e. The molecule has 0 amide bonds. The molecule has 94 valence electrons. The van der Waals surface area contributed by atoms with E-state index < -0.39 is 5.97 Å². The molecule has 1 aromatic carbocycles. The van der Waals surface area contributed by atoms with Crippen molar-refractivity contribution in [2.75, 3.05) is 6.61 Å². The quantitative estimate of drug-likeness (QED) is 0.685. The first-order chi connectivity index (χ1) is 8.61. The number of hydrogen-bond acceptors (Lipinski definition) is 3. The SMILES string of the molecule is CCOC(=O)c1cc(-c2ccc(Cl)cc2)n(O)c1. The molecule has 0 radical (unpaired) electrons. The Kier molecular flexibility index (Phi) is 3.58. The summed E-state index contributed by atoms with van der Waals surface area (Å²) in [6, 6.07) is 8.53. The Hall–Kier alpha value is -1.94. The zero-order valence-electron chi connectivity index (χ0n) is 9.76. The molecule has 2 rings (SSSR count). The van der Waals surface area contributed by atoms with Gasteiger partial charge in [0.15, 0.2) is 0 Å². The second-order valence-corrected chi connectivity index (χ2v) is 4.12. The van der Waals surface area contributed by atoms with Crippen LogP contribution in [0.1, 0.15) is 17.3 Å². The van der Waals surface area contributed by atoms with Crippen LogP contribution in [-0.4, -0.2) is 22.5 Å². The lowest BCUT2D eigenvalue weighted by molar-refractivity contribution is 0.0524. The second kappa shape index (κ2) is 5.14. The van der Waals surface area contributed by atoms with Crippen molar-refractivity contribution >= 4 is 17.6 Å². The van der Waals surface area contributed by atoms with Gasteiger partial charge in [-0.1, -0.05) is 23.7 Å². The Morgan fingerprint density at radius 3 is 2.67 bits per heavy atom. The van der Waals surface area contributed by atoms with Gasteiger partial charge >= 0.3 is 5.97 Å². The van der Waals surface area contributed by atoms with Gasteiger partial charge in [0, 0.05) is 10.6 Å². The Balaban J connectivity index is 2.34. The average Bonchev–Trinajstić information content (AvgIpc) is 2.73. The predicted molar refractivity (Wildman–Crippen MR) is 68.0 cm³/mol. The summed E-state index contributed by atoms with van der Waals surface area (Å²) in [7, 11) is 0. The molecule has 0 unspecified atom stereocenters. The lowest BCUT2D eigenvalue weighted by atomic mass is 10.1. The van der Waals surface area contributed by atoms with E-state index in [0.717, 1.165) is 10.3 Å². The zero-order chi connectivity index (χ0) is 13.1. The largest absolute Gasteiger partial charge is 0.462 e. The fraction of sp³-hybridized carbons (Fsp3) is 0.154. The fourth-order valence-corrected chi connectivity index (χ4v) is 1.74. The van der Waals surface area contributed by atoms with E-state index in [-0.39, 0.29) is 0 Å². The number of ether oxygens (including phenoxy) is 1. The molecule has 4 nitrogen and oxygen atoms in total. The van der Waals surface area contributed by atoms with Gasteiger partial charge in [-0.2, -0.15) is 4.73 Å². The van der Waals surface area contributed by atoms with E-state index in [1.807, 2.05) is 0 Å². The Labute approximate surface area is 109 Å². The predicted octanol–water partition coefficient (Wildman–Crippen LogP) is 3.22. The summed E-state index contributed by atoms with van der Waals surface area (Å²) in [6.45, 7) is 2.03. The van der Waals surface area contributed by atoms with E-state index in [2.05, 4.69) is 0 Å². The van der Waals surface area contributed by atoms with Crippen molar-refractivity contribution in [3.8, 4) is 11.3 Å². The summed E-state index contributed by atoms with van der Waals surface area (Å²) < 4.78 is 5.77. The molecule has 0 saturated carbocycles. The molecular formula is C13H12ClNO3. The molecular weight excluding hydrogens is 254 g/mol. The maximum Gasteiger partial charge on any atom is 0.339 e. The molecule has 1 N–H and O–H groups in total. The number of benzene rings is 1. The zero-order valence-corrected chi connectivity index (χ0v) is 10.5. The van der Waals surface area contributed by atoms with Crippen molar-refractivity contribution in [2.24, 2.45) is 0 Å². The van der Waals surface area contributed by atoms with Crippen molar-refractivity contribution in [3.63, 3.8) is 0 Å². The third kappa shape index (κ3) is 2.49. The molecule has 0 bridgehead atoms. The van der Waals surface area contributed by atoms with Gasteiger partial charge in [0.25, 0.3) is 0 Å². The highest BCUT2D eigenvalue weighted by atomic mass is 35.5. The van der Waals surface area contributed by atoms with Crippen LogP contribution < -0.4 is 0 Å². The number of halogens is 1. The summed E-state index contributed by atoms with van der Waals surface area (Å²) in [5, 5.41) is 10.4. The van der Waals surface area contributed by atoms with Crippen LogP contribution >= 0.6 is 11.6 Å². The normalized spacial score (nSPS) is 10.3. The summed E-state index contributed by atoms with van der Waals surface area (Å²) >= 11 is 5.79. The molecule has 0 aliphatic carbocycles. The lowest BCUT2D eigenvalue weighted by Gasteiger charge is -2.01. The second-order valence-electron chi connectivity index (χ2n) is 3.69. The Morgan fingerprint density at radius 1 is 1.39 bits per heavy atom. The molecule has 2 aromatic rings. The molecule has 0 aliphatic heterocycles. The maximum atomic E-state index is 11.5. The van der Waals surface area contributed by atoms with Gasteiger partial charge in [-0.25, -0.2) is 4.79 Å². The molecule has 0 aliphatic rings. The molecule has 1 heterocycles. The van der Waals surface area contributed by atoms with Crippen molar-refractivity contribution < 1.29 is 14.7 Å². The summed E-state index contributed by atoms with van der Waals surface area (Å²) in [5.74, 6) is -0.458. The van der Waals surface area contributed by atoms with Crippen molar-refractivity contribution in [3.05, 3.63) is 47.1 Å². The highest BCUT2D eigenvalue weighted by Crippen LogP contribution is 2.23.